The van der Waals surface area contributed by atoms with Gasteiger partial charge in [0.2, 0.25) is 5.91 Å². The zero-order valence-electron chi connectivity index (χ0n) is 10.7. The van der Waals surface area contributed by atoms with Gasteiger partial charge >= 0.3 is 0 Å². The standard InChI is InChI=1S/C14H10Cl2N2O2S/c15-11-7-8(13(16)21-11)14(20)18-6-5-12(19)17-9-3-1-2-4-10(9)18/h1-4,7H,5-6H2,(H,17,19). The summed E-state index contributed by atoms with van der Waals surface area (Å²) >= 11 is 13.1. The van der Waals surface area contributed by atoms with Crippen LogP contribution in [0.3, 0.4) is 0 Å². The predicted molar refractivity (Wildman–Crippen MR) is 85.7 cm³/mol. The number of carbonyl (C=O) groups is 2. The highest BCUT2D eigenvalue weighted by atomic mass is 35.5. The Kier molecular flexibility index (Phi) is 3.89. The van der Waals surface area contributed by atoms with Gasteiger partial charge in [-0.15, -0.1) is 11.3 Å². The highest BCUT2D eigenvalue weighted by Crippen LogP contribution is 2.35. The van der Waals surface area contributed by atoms with Crippen LogP contribution in [0.15, 0.2) is 30.3 Å². The van der Waals surface area contributed by atoms with Gasteiger partial charge in [-0.2, -0.15) is 0 Å². The van der Waals surface area contributed by atoms with Crippen molar-refractivity contribution in [2.75, 3.05) is 16.8 Å². The normalized spacial score (nSPS) is 14.4. The Morgan fingerprint density at radius 3 is 2.76 bits per heavy atom. The van der Waals surface area contributed by atoms with Crippen LogP contribution in [-0.4, -0.2) is 18.4 Å². The number of rotatable bonds is 1. The molecule has 2 amide bonds. The summed E-state index contributed by atoms with van der Waals surface area (Å²) in [6.45, 7) is 0.297. The SMILES string of the molecule is O=C1CCN(C(=O)c2cc(Cl)sc2Cl)c2ccccc2N1. The summed E-state index contributed by atoms with van der Waals surface area (Å²) in [4.78, 5) is 26.0. The molecule has 1 aliphatic rings. The number of nitrogens with one attached hydrogen (secondary N) is 1. The van der Waals surface area contributed by atoms with E-state index in [1.54, 1.807) is 23.1 Å². The van der Waals surface area contributed by atoms with Gasteiger partial charge in [-0.1, -0.05) is 35.3 Å². The van der Waals surface area contributed by atoms with Gasteiger partial charge in [-0.25, -0.2) is 0 Å². The molecule has 0 saturated heterocycles. The molecule has 7 heteroatoms. The van der Waals surface area contributed by atoms with Crippen LogP contribution in [0, 0.1) is 0 Å². The first-order chi connectivity index (χ1) is 10.1. The van der Waals surface area contributed by atoms with Crippen LogP contribution < -0.4 is 10.2 Å². The summed E-state index contributed by atoms with van der Waals surface area (Å²) in [5.74, 6) is -0.376. The lowest BCUT2D eigenvalue weighted by Gasteiger charge is -2.21. The average Bonchev–Trinajstić information content (AvgIpc) is 2.69. The minimum absolute atomic E-state index is 0.118. The topological polar surface area (TPSA) is 49.4 Å². The van der Waals surface area contributed by atoms with Gasteiger partial charge in [0, 0.05) is 13.0 Å². The van der Waals surface area contributed by atoms with Crippen LogP contribution in [0.4, 0.5) is 11.4 Å². The van der Waals surface area contributed by atoms with Gasteiger partial charge in [-0.3, -0.25) is 9.59 Å². The molecule has 0 saturated carbocycles. The largest absolute Gasteiger partial charge is 0.324 e. The summed E-state index contributed by atoms with van der Waals surface area (Å²) < 4.78 is 0.812. The minimum Gasteiger partial charge on any atom is -0.324 e. The van der Waals surface area contributed by atoms with Crippen molar-refractivity contribution in [2.24, 2.45) is 0 Å². The maximum Gasteiger partial charge on any atom is 0.260 e. The number of para-hydroxylation sites is 2. The fourth-order valence-electron chi connectivity index (χ4n) is 2.20. The fourth-order valence-corrected chi connectivity index (χ4v) is 3.65. The van der Waals surface area contributed by atoms with Crippen molar-refractivity contribution in [3.63, 3.8) is 0 Å². The Bertz CT molecular complexity index is 730. The van der Waals surface area contributed by atoms with Crippen LogP contribution in [-0.2, 0) is 4.79 Å². The molecule has 2 aromatic rings. The zero-order valence-corrected chi connectivity index (χ0v) is 13.1. The highest BCUT2D eigenvalue weighted by Gasteiger charge is 2.27. The molecule has 1 aliphatic heterocycles. The number of halogens is 2. The second kappa shape index (κ2) is 5.67. The Labute approximate surface area is 135 Å². The van der Waals surface area contributed by atoms with Gasteiger partial charge < -0.3 is 10.2 Å². The summed E-state index contributed by atoms with van der Waals surface area (Å²) in [6.07, 6.45) is 0.232. The van der Waals surface area contributed by atoms with Crippen LogP contribution in [0.1, 0.15) is 16.8 Å². The second-order valence-electron chi connectivity index (χ2n) is 4.51. The first-order valence-electron chi connectivity index (χ1n) is 6.22. The van der Waals surface area contributed by atoms with E-state index < -0.39 is 0 Å². The molecular weight excluding hydrogens is 331 g/mol. The quantitative estimate of drug-likeness (QED) is 0.851. The number of amides is 2. The van der Waals surface area contributed by atoms with Crippen LogP contribution >= 0.6 is 34.5 Å². The molecule has 0 unspecified atom stereocenters. The molecule has 108 valence electrons. The molecular formula is C14H10Cl2N2O2S. The number of hydrogen-bond acceptors (Lipinski definition) is 3. The second-order valence-corrected chi connectivity index (χ2v) is 6.80. The Balaban J connectivity index is 2.04. The summed E-state index contributed by atoms with van der Waals surface area (Å²) in [5.41, 5.74) is 1.63. The van der Waals surface area contributed by atoms with Gasteiger partial charge in [0.05, 0.1) is 21.3 Å². The number of carbonyl (C=O) groups excluding carboxylic acids is 2. The molecule has 1 aromatic heterocycles. The molecule has 1 N–H and O–H groups in total. The molecule has 2 heterocycles. The van der Waals surface area contributed by atoms with Crippen LogP contribution in [0.25, 0.3) is 0 Å². The first-order valence-corrected chi connectivity index (χ1v) is 7.79. The van der Waals surface area contributed by atoms with Crippen molar-refractivity contribution in [1.82, 2.24) is 0 Å². The third-order valence-electron chi connectivity index (χ3n) is 3.16. The van der Waals surface area contributed by atoms with E-state index in [1.807, 2.05) is 12.1 Å². The highest BCUT2D eigenvalue weighted by molar-refractivity contribution is 7.20. The van der Waals surface area contributed by atoms with Crippen LogP contribution in [0.2, 0.25) is 8.67 Å². The molecule has 0 aliphatic carbocycles. The Morgan fingerprint density at radius 2 is 2.05 bits per heavy atom. The fraction of sp³-hybridized carbons (Fsp3) is 0.143. The van der Waals surface area contributed by atoms with E-state index in [9.17, 15) is 9.59 Å². The maximum atomic E-state index is 12.7. The molecule has 0 spiro atoms. The lowest BCUT2D eigenvalue weighted by molar-refractivity contribution is -0.115. The smallest absolute Gasteiger partial charge is 0.260 e. The third kappa shape index (κ3) is 2.77. The van der Waals surface area contributed by atoms with Gasteiger partial charge in [0.1, 0.15) is 4.34 Å². The number of fused-ring (bicyclic) bond motifs is 1. The minimum atomic E-state index is -0.257. The summed E-state index contributed by atoms with van der Waals surface area (Å²) in [6, 6.07) is 8.74. The monoisotopic (exact) mass is 340 g/mol. The van der Waals surface area contributed by atoms with Crippen molar-refractivity contribution < 1.29 is 9.59 Å². The van der Waals surface area contributed by atoms with E-state index in [4.69, 9.17) is 23.2 Å². The Hall–Kier alpha value is -1.56. The lowest BCUT2D eigenvalue weighted by atomic mass is 10.2. The van der Waals surface area contributed by atoms with Crippen molar-refractivity contribution >= 4 is 57.7 Å². The third-order valence-corrected chi connectivity index (χ3v) is 4.65. The molecule has 0 fully saturated rings. The first kappa shape index (κ1) is 14.4. The molecule has 1 aromatic carbocycles. The molecule has 21 heavy (non-hydrogen) atoms. The Morgan fingerprint density at radius 1 is 1.29 bits per heavy atom. The van der Waals surface area contributed by atoms with Crippen molar-refractivity contribution in [3.05, 3.63) is 44.6 Å². The number of anilines is 2. The van der Waals surface area contributed by atoms with E-state index in [2.05, 4.69) is 5.32 Å². The van der Waals surface area contributed by atoms with Crippen molar-refractivity contribution in [2.45, 2.75) is 6.42 Å². The van der Waals surface area contributed by atoms with Gasteiger partial charge in [-0.05, 0) is 18.2 Å². The van der Waals surface area contributed by atoms with Crippen LogP contribution in [0.5, 0.6) is 0 Å². The predicted octanol–water partition coefficient (Wildman–Crippen LogP) is 4.04. The average molecular weight is 341 g/mol. The van der Waals surface area contributed by atoms with E-state index in [1.165, 1.54) is 0 Å². The van der Waals surface area contributed by atoms with E-state index in [-0.39, 0.29) is 18.2 Å². The molecule has 0 radical (unpaired) electrons. The lowest BCUT2D eigenvalue weighted by Crippen LogP contribution is -2.31. The number of nitrogens with zero attached hydrogens (tertiary/aromatic N) is 1. The van der Waals surface area contributed by atoms with Gasteiger partial charge in [0.25, 0.3) is 5.91 Å². The van der Waals surface area contributed by atoms with Gasteiger partial charge in [0.15, 0.2) is 0 Å². The van der Waals surface area contributed by atoms with Crippen molar-refractivity contribution in [1.29, 1.82) is 0 Å². The molecule has 0 atom stereocenters. The van der Waals surface area contributed by atoms with E-state index in [0.29, 0.717) is 32.2 Å². The summed E-state index contributed by atoms with van der Waals surface area (Å²) in [7, 11) is 0. The summed E-state index contributed by atoms with van der Waals surface area (Å²) in [5, 5.41) is 2.79. The number of hydrogen-bond donors (Lipinski definition) is 1. The molecule has 3 rings (SSSR count). The number of thiophene rings is 1. The molecule has 4 nitrogen and oxygen atoms in total. The van der Waals surface area contributed by atoms with E-state index >= 15 is 0 Å². The zero-order chi connectivity index (χ0) is 15.0. The van der Waals surface area contributed by atoms with Crippen molar-refractivity contribution in [3.8, 4) is 0 Å². The van der Waals surface area contributed by atoms with E-state index in [0.717, 1.165) is 11.3 Å². The molecule has 0 bridgehead atoms. The maximum absolute atomic E-state index is 12.7. The number of benzene rings is 1.